The third-order valence-corrected chi connectivity index (χ3v) is 4.33. The molecule has 0 atom stereocenters. The van der Waals surface area contributed by atoms with Crippen molar-refractivity contribution < 1.29 is 22.9 Å². The molecule has 0 bridgehead atoms. The maximum absolute atomic E-state index is 13.0. The molecule has 0 amide bonds. The van der Waals surface area contributed by atoms with Crippen molar-refractivity contribution in [1.29, 1.82) is 0 Å². The van der Waals surface area contributed by atoms with Crippen LogP contribution >= 0.6 is 23.2 Å². The van der Waals surface area contributed by atoms with Gasteiger partial charge < -0.3 is 0 Å². The number of alkyl halides is 3. The number of aromatic nitrogens is 2. The molecule has 3 rings (SSSR count). The summed E-state index contributed by atoms with van der Waals surface area (Å²) in [5, 5.41) is 14.6. The first-order valence-electron chi connectivity index (χ1n) is 7.48. The SMILES string of the molecule is O=C(c1cnn(-c2ccc(Cl)c(C(F)(F)F)c2)c1)c1cc(Cl)ccc1[N+](=O)[O-]. The number of halogens is 5. The molecule has 144 valence electrons. The minimum atomic E-state index is -4.67. The van der Waals surface area contributed by atoms with Crippen molar-refractivity contribution in [3.8, 4) is 5.69 Å². The van der Waals surface area contributed by atoms with E-state index in [1.165, 1.54) is 12.1 Å². The Balaban J connectivity index is 2.01. The van der Waals surface area contributed by atoms with E-state index in [1.807, 2.05) is 0 Å². The largest absolute Gasteiger partial charge is 0.417 e. The molecule has 0 fully saturated rings. The van der Waals surface area contributed by atoms with Gasteiger partial charge in [-0.25, -0.2) is 4.68 Å². The first kappa shape index (κ1) is 19.8. The van der Waals surface area contributed by atoms with Crippen molar-refractivity contribution in [3.05, 3.63) is 85.6 Å². The smallest absolute Gasteiger partial charge is 0.288 e. The maximum atomic E-state index is 13.0. The number of nitro groups is 1. The number of nitrogens with zero attached hydrogens (tertiary/aromatic N) is 3. The molecular weight excluding hydrogens is 422 g/mol. The summed E-state index contributed by atoms with van der Waals surface area (Å²) in [5.41, 5.74) is -1.82. The summed E-state index contributed by atoms with van der Waals surface area (Å²) < 4.78 is 40.1. The van der Waals surface area contributed by atoms with Gasteiger partial charge in [0.2, 0.25) is 5.78 Å². The van der Waals surface area contributed by atoms with E-state index in [2.05, 4.69) is 5.10 Å². The summed E-state index contributed by atoms with van der Waals surface area (Å²) in [5.74, 6) is -0.745. The highest BCUT2D eigenvalue weighted by Gasteiger charge is 2.33. The highest BCUT2D eigenvalue weighted by molar-refractivity contribution is 6.31. The molecule has 2 aromatic carbocycles. The highest BCUT2D eigenvalue weighted by Crippen LogP contribution is 2.35. The quantitative estimate of drug-likeness (QED) is 0.318. The van der Waals surface area contributed by atoms with Crippen LogP contribution in [0.5, 0.6) is 0 Å². The van der Waals surface area contributed by atoms with Gasteiger partial charge in [0.15, 0.2) is 0 Å². The third-order valence-electron chi connectivity index (χ3n) is 3.76. The van der Waals surface area contributed by atoms with E-state index in [0.717, 1.165) is 41.3 Å². The van der Waals surface area contributed by atoms with Crippen molar-refractivity contribution in [1.82, 2.24) is 9.78 Å². The fourth-order valence-electron chi connectivity index (χ4n) is 2.46. The zero-order valence-electron chi connectivity index (χ0n) is 13.6. The molecule has 0 aliphatic heterocycles. The Morgan fingerprint density at radius 2 is 1.86 bits per heavy atom. The zero-order valence-corrected chi connectivity index (χ0v) is 15.1. The number of carbonyl (C=O) groups is 1. The molecule has 6 nitrogen and oxygen atoms in total. The number of hydrogen-bond donors (Lipinski definition) is 0. The van der Waals surface area contributed by atoms with Gasteiger partial charge in [0.05, 0.1) is 33.0 Å². The van der Waals surface area contributed by atoms with Crippen LogP contribution in [0.4, 0.5) is 18.9 Å². The number of nitro benzene ring substituents is 1. The van der Waals surface area contributed by atoms with Gasteiger partial charge in [-0.05, 0) is 30.3 Å². The fraction of sp³-hybridized carbons (Fsp3) is 0.0588. The van der Waals surface area contributed by atoms with Crippen LogP contribution in [0, 0.1) is 10.1 Å². The van der Waals surface area contributed by atoms with E-state index >= 15 is 0 Å². The molecular formula is C17H8Cl2F3N3O3. The molecule has 3 aromatic rings. The second-order valence-electron chi connectivity index (χ2n) is 5.58. The topological polar surface area (TPSA) is 78.0 Å². The molecule has 1 aromatic heterocycles. The Labute approximate surface area is 165 Å². The predicted molar refractivity (Wildman–Crippen MR) is 95.1 cm³/mol. The molecule has 0 radical (unpaired) electrons. The first-order valence-corrected chi connectivity index (χ1v) is 8.24. The molecule has 0 N–H and O–H groups in total. The number of ketones is 1. The summed E-state index contributed by atoms with van der Waals surface area (Å²) in [6.45, 7) is 0. The normalized spacial score (nSPS) is 11.5. The number of hydrogen-bond acceptors (Lipinski definition) is 4. The first-order chi connectivity index (χ1) is 13.1. The van der Waals surface area contributed by atoms with E-state index in [-0.39, 0.29) is 21.8 Å². The van der Waals surface area contributed by atoms with E-state index in [0.29, 0.717) is 0 Å². The number of carbonyl (C=O) groups excluding carboxylic acids is 1. The van der Waals surface area contributed by atoms with E-state index in [9.17, 15) is 28.1 Å². The van der Waals surface area contributed by atoms with Crippen LogP contribution in [0.15, 0.2) is 48.8 Å². The van der Waals surface area contributed by atoms with Crippen molar-refractivity contribution in [2.24, 2.45) is 0 Å². The zero-order chi connectivity index (χ0) is 20.6. The Kier molecular flexibility index (Phi) is 5.14. The van der Waals surface area contributed by atoms with Gasteiger partial charge >= 0.3 is 6.18 Å². The van der Waals surface area contributed by atoms with E-state index < -0.39 is 33.2 Å². The Morgan fingerprint density at radius 1 is 1.14 bits per heavy atom. The fourth-order valence-corrected chi connectivity index (χ4v) is 2.86. The Hall–Kier alpha value is -2.91. The average molecular weight is 430 g/mol. The van der Waals surface area contributed by atoms with Crippen LogP contribution in [0.1, 0.15) is 21.5 Å². The third kappa shape index (κ3) is 3.85. The van der Waals surface area contributed by atoms with Gasteiger partial charge in [0.1, 0.15) is 5.56 Å². The molecule has 0 spiro atoms. The highest BCUT2D eigenvalue weighted by atomic mass is 35.5. The lowest BCUT2D eigenvalue weighted by Gasteiger charge is -2.10. The van der Waals surface area contributed by atoms with Crippen LogP contribution in [-0.4, -0.2) is 20.5 Å². The molecule has 0 aliphatic carbocycles. The van der Waals surface area contributed by atoms with Crippen LogP contribution in [0.25, 0.3) is 5.69 Å². The molecule has 28 heavy (non-hydrogen) atoms. The van der Waals surface area contributed by atoms with Crippen molar-refractivity contribution in [2.75, 3.05) is 0 Å². The lowest BCUT2D eigenvalue weighted by Crippen LogP contribution is -2.07. The summed E-state index contributed by atoms with van der Waals surface area (Å²) >= 11 is 11.4. The van der Waals surface area contributed by atoms with Crippen molar-refractivity contribution in [2.45, 2.75) is 6.18 Å². The van der Waals surface area contributed by atoms with Gasteiger partial charge in [-0.2, -0.15) is 18.3 Å². The van der Waals surface area contributed by atoms with Crippen molar-refractivity contribution in [3.63, 3.8) is 0 Å². The van der Waals surface area contributed by atoms with Gasteiger partial charge in [-0.15, -0.1) is 0 Å². The molecule has 0 saturated heterocycles. The molecule has 1 heterocycles. The summed E-state index contributed by atoms with van der Waals surface area (Å²) in [6, 6.07) is 6.64. The Bertz CT molecular complexity index is 1100. The van der Waals surface area contributed by atoms with Crippen LogP contribution in [0.3, 0.4) is 0 Å². The lowest BCUT2D eigenvalue weighted by atomic mass is 10.0. The minimum absolute atomic E-state index is 0.0105. The molecule has 0 saturated carbocycles. The van der Waals surface area contributed by atoms with Gasteiger partial charge in [-0.1, -0.05) is 23.2 Å². The lowest BCUT2D eigenvalue weighted by molar-refractivity contribution is -0.385. The second-order valence-corrected chi connectivity index (χ2v) is 6.43. The number of benzene rings is 2. The van der Waals surface area contributed by atoms with Gasteiger partial charge in [0, 0.05) is 17.3 Å². The van der Waals surface area contributed by atoms with Crippen LogP contribution < -0.4 is 0 Å². The summed E-state index contributed by atoms with van der Waals surface area (Å²) in [7, 11) is 0. The summed E-state index contributed by atoms with van der Waals surface area (Å²) in [6.07, 6.45) is -2.41. The summed E-state index contributed by atoms with van der Waals surface area (Å²) in [4.78, 5) is 23.0. The predicted octanol–water partition coefficient (Wildman–Crippen LogP) is 5.34. The Morgan fingerprint density at radius 3 is 2.50 bits per heavy atom. The van der Waals surface area contributed by atoms with Gasteiger partial charge in [0.25, 0.3) is 5.69 Å². The maximum Gasteiger partial charge on any atom is 0.417 e. The monoisotopic (exact) mass is 429 g/mol. The molecule has 0 unspecified atom stereocenters. The number of rotatable bonds is 4. The molecule has 11 heteroatoms. The average Bonchev–Trinajstić information content (AvgIpc) is 3.10. The van der Waals surface area contributed by atoms with Gasteiger partial charge in [-0.3, -0.25) is 14.9 Å². The second kappa shape index (κ2) is 7.25. The minimum Gasteiger partial charge on any atom is -0.288 e. The van der Waals surface area contributed by atoms with E-state index in [4.69, 9.17) is 23.2 Å². The van der Waals surface area contributed by atoms with Crippen LogP contribution in [-0.2, 0) is 6.18 Å². The van der Waals surface area contributed by atoms with Crippen molar-refractivity contribution >= 4 is 34.7 Å². The van der Waals surface area contributed by atoms with E-state index in [1.54, 1.807) is 0 Å². The molecule has 0 aliphatic rings. The van der Waals surface area contributed by atoms with Crippen LogP contribution in [0.2, 0.25) is 10.0 Å². The standard InChI is InChI=1S/C17H8Cl2F3N3O3/c18-10-1-4-15(25(27)28)12(5-10)16(26)9-7-23-24(8-9)11-2-3-14(19)13(6-11)17(20,21)22/h1-8H.